The Morgan fingerprint density at radius 2 is 2.00 bits per heavy atom. The van der Waals surface area contributed by atoms with Gasteiger partial charge in [0.2, 0.25) is 0 Å². The second kappa shape index (κ2) is 6.93. The normalized spacial score (nSPS) is 33.4. The lowest BCUT2D eigenvalue weighted by atomic mass is 9.98. The molecule has 0 aromatic rings. The van der Waals surface area contributed by atoms with Crippen LogP contribution in [0.4, 0.5) is 0 Å². The Hall–Kier alpha value is -0.250. The molecule has 3 heterocycles. The third kappa shape index (κ3) is 3.88. The van der Waals surface area contributed by atoms with Crippen molar-refractivity contribution in [3.8, 4) is 0 Å². The fourth-order valence-corrected chi connectivity index (χ4v) is 4.97. The summed E-state index contributed by atoms with van der Waals surface area (Å²) in [6.45, 7) is 5.66. The van der Waals surface area contributed by atoms with Crippen LogP contribution in [-0.4, -0.2) is 93.7 Å². The first-order chi connectivity index (χ1) is 10.9. The van der Waals surface area contributed by atoms with Crippen molar-refractivity contribution in [3.05, 3.63) is 0 Å². The largest absolute Gasteiger partial charge is 0.374 e. The molecule has 2 atom stereocenters. The maximum Gasteiger partial charge on any atom is 0.281 e. The summed E-state index contributed by atoms with van der Waals surface area (Å²) < 4.78 is 39.2. The molecular formula is C15H29N3O4S. The average molecular weight is 347 g/mol. The molecule has 3 aliphatic heterocycles. The Kier molecular flexibility index (Phi) is 5.30. The first-order valence-electron chi connectivity index (χ1n) is 8.57. The summed E-state index contributed by atoms with van der Waals surface area (Å²) in [6.07, 6.45) is 4.25. The molecule has 8 heteroatoms. The molecule has 0 aromatic heterocycles. The van der Waals surface area contributed by atoms with Crippen molar-refractivity contribution in [3.63, 3.8) is 0 Å². The standard InChI is InChI=1S/C15H29N3O4S/c1-16(2)23(19,20)18-8-5-15(13-18)11-14(12-22-15)21-10-9-17-6-3-4-7-17/h14H,3-13H2,1-2H3/t14-,15-/m0/s1. The molecule has 3 fully saturated rings. The predicted molar refractivity (Wildman–Crippen MR) is 87.5 cm³/mol. The van der Waals surface area contributed by atoms with Gasteiger partial charge in [-0.3, -0.25) is 0 Å². The SMILES string of the molecule is CN(C)S(=O)(=O)N1CC[C@]2(C[C@H](OCCN3CCCC3)CO2)C1. The summed E-state index contributed by atoms with van der Waals surface area (Å²) in [5.41, 5.74) is -0.346. The van der Waals surface area contributed by atoms with E-state index in [1.807, 2.05) is 0 Å². The quantitative estimate of drug-likeness (QED) is 0.684. The molecule has 0 N–H and O–H groups in total. The van der Waals surface area contributed by atoms with E-state index in [1.165, 1.54) is 34.5 Å². The third-order valence-corrected chi connectivity index (χ3v) is 7.09. The molecule has 0 radical (unpaired) electrons. The molecule has 0 saturated carbocycles. The molecule has 0 aliphatic carbocycles. The Morgan fingerprint density at radius 3 is 2.70 bits per heavy atom. The van der Waals surface area contributed by atoms with Crippen LogP contribution in [-0.2, 0) is 19.7 Å². The molecule has 0 unspecified atom stereocenters. The topological polar surface area (TPSA) is 62.3 Å². The van der Waals surface area contributed by atoms with Crippen LogP contribution < -0.4 is 0 Å². The first kappa shape index (κ1) is 17.6. The van der Waals surface area contributed by atoms with Gasteiger partial charge in [-0.25, -0.2) is 0 Å². The Labute approximate surface area is 139 Å². The molecule has 7 nitrogen and oxygen atoms in total. The second-order valence-corrected chi connectivity index (χ2v) is 9.26. The van der Waals surface area contributed by atoms with E-state index in [0.717, 1.165) is 26.0 Å². The molecule has 0 aromatic carbocycles. The number of nitrogens with zero attached hydrogens (tertiary/aromatic N) is 3. The van der Waals surface area contributed by atoms with Gasteiger partial charge in [0.05, 0.1) is 24.9 Å². The van der Waals surface area contributed by atoms with E-state index in [-0.39, 0.29) is 11.7 Å². The van der Waals surface area contributed by atoms with Crippen LogP contribution in [0.3, 0.4) is 0 Å². The van der Waals surface area contributed by atoms with Gasteiger partial charge >= 0.3 is 0 Å². The van der Waals surface area contributed by atoms with Crippen molar-refractivity contribution in [2.75, 3.05) is 60.0 Å². The van der Waals surface area contributed by atoms with Crippen molar-refractivity contribution in [1.29, 1.82) is 0 Å². The predicted octanol–water partition coefficient (Wildman–Crippen LogP) is 0.139. The van der Waals surface area contributed by atoms with Gasteiger partial charge in [0, 0.05) is 40.2 Å². The van der Waals surface area contributed by atoms with E-state index >= 15 is 0 Å². The van der Waals surface area contributed by atoms with Crippen LogP contribution in [0.1, 0.15) is 25.7 Å². The summed E-state index contributed by atoms with van der Waals surface area (Å²) in [6, 6.07) is 0. The maximum atomic E-state index is 12.2. The molecule has 23 heavy (non-hydrogen) atoms. The molecule has 0 bridgehead atoms. The summed E-state index contributed by atoms with van der Waals surface area (Å²) in [5, 5.41) is 0. The van der Waals surface area contributed by atoms with Gasteiger partial charge in [-0.1, -0.05) is 0 Å². The molecular weight excluding hydrogens is 318 g/mol. The Bertz CT molecular complexity index is 507. The van der Waals surface area contributed by atoms with E-state index < -0.39 is 10.2 Å². The summed E-state index contributed by atoms with van der Waals surface area (Å²) in [7, 11) is -0.207. The van der Waals surface area contributed by atoms with Gasteiger partial charge in [0.1, 0.15) is 0 Å². The van der Waals surface area contributed by atoms with Gasteiger partial charge in [-0.2, -0.15) is 17.0 Å². The van der Waals surface area contributed by atoms with Crippen LogP contribution in [0.15, 0.2) is 0 Å². The summed E-state index contributed by atoms with van der Waals surface area (Å²) in [5.74, 6) is 0. The molecule has 3 rings (SSSR count). The van der Waals surface area contributed by atoms with Gasteiger partial charge in [0.15, 0.2) is 0 Å². The highest BCUT2D eigenvalue weighted by Crippen LogP contribution is 2.37. The van der Waals surface area contributed by atoms with E-state index in [4.69, 9.17) is 9.47 Å². The van der Waals surface area contributed by atoms with Gasteiger partial charge in [-0.05, 0) is 32.4 Å². The van der Waals surface area contributed by atoms with Crippen molar-refractivity contribution in [2.24, 2.45) is 0 Å². The first-order valence-corrected chi connectivity index (χ1v) is 9.97. The van der Waals surface area contributed by atoms with E-state index in [0.29, 0.717) is 19.7 Å². The molecule has 134 valence electrons. The van der Waals surface area contributed by atoms with E-state index in [9.17, 15) is 8.42 Å². The smallest absolute Gasteiger partial charge is 0.281 e. The van der Waals surface area contributed by atoms with Gasteiger partial charge in [-0.15, -0.1) is 0 Å². The summed E-state index contributed by atoms with van der Waals surface area (Å²) in [4.78, 5) is 2.44. The molecule has 3 aliphatic rings. The highest BCUT2D eigenvalue weighted by Gasteiger charge is 2.49. The van der Waals surface area contributed by atoms with Crippen LogP contribution >= 0.6 is 0 Å². The van der Waals surface area contributed by atoms with Crippen LogP contribution in [0, 0.1) is 0 Å². The minimum atomic E-state index is -3.35. The van der Waals surface area contributed by atoms with Crippen molar-refractivity contribution in [1.82, 2.24) is 13.5 Å². The minimum absolute atomic E-state index is 0.0969. The monoisotopic (exact) mass is 347 g/mol. The number of hydrogen-bond donors (Lipinski definition) is 0. The lowest BCUT2D eigenvalue weighted by molar-refractivity contribution is 0.00342. The molecule has 0 amide bonds. The fraction of sp³-hybridized carbons (Fsp3) is 1.00. The average Bonchev–Trinajstić information content (AvgIpc) is 3.22. The van der Waals surface area contributed by atoms with Crippen molar-refractivity contribution in [2.45, 2.75) is 37.4 Å². The van der Waals surface area contributed by atoms with Gasteiger partial charge < -0.3 is 14.4 Å². The highest BCUT2D eigenvalue weighted by atomic mass is 32.2. The number of hydrogen-bond acceptors (Lipinski definition) is 5. The van der Waals surface area contributed by atoms with Gasteiger partial charge in [0.25, 0.3) is 10.2 Å². The zero-order valence-electron chi connectivity index (χ0n) is 14.2. The minimum Gasteiger partial charge on any atom is -0.374 e. The zero-order chi connectivity index (χ0) is 16.5. The fourth-order valence-electron chi connectivity index (χ4n) is 3.78. The Balaban J connectivity index is 1.46. The number of likely N-dealkylation sites (tertiary alicyclic amines) is 1. The Morgan fingerprint density at radius 1 is 1.26 bits per heavy atom. The van der Waals surface area contributed by atoms with Crippen LogP contribution in [0.5, 0.6) is 0 Å². The second-order valence-electron chi connectivity index (χ2n) is 7.11. The highest BCUT2D eigenvalue weighted by molar-refractivity contribution is 7.86. The van der Waals surface area contributed by atoms with E-state index in [2.05, 4.69) is 4.90 Å². The van der Waals surface area contributed by atoms with Crippen molar-refractivity contribution < 1.29 is 17.9 Å². The van der Waals surface area contributed by atoms with Crippen molar-refractivity contribution >= 4 is 10.2 Å². The zero-order valence-corrected chi connectivity index (χ0v) is 15.1. The maximum absolute atomic E-state index is 12.2. The molecule has 1 spiro atoms. The van der Waals surface area contributed by atoms with Crippen LogP contribution in [0.25, 0.3) is 0 Å². The summed E-state index contributed by atoms with van der Waals surface area (Å²) >= 11 is 0. The van der Waals surface area contributed by atoms with Crippen LogP contribution in [0.2, 0.25) is 0 Å². The lowest BCUT2D eigenvalue weighted by Crippen LogP contribution is -2.41. The number of rotatable bonds is 6. The third-order valence-electron chi connectivity index (χ3n) is 5.20. The van der Waals surface area contributed by atoms with E-state index in [1.54, 1.807) is 14.1 Å². The molecule has 3 saturated heterocycles. The number of ether oxygens (including phenoxy) is 2. The lowest BCUT2D eigenvalue weighted by Gasteiger charge is -2.25.